The fourth-order valence-corrected chi connectivity index (χ4v) is 3.14. The third-order valence-electron chi connectivity index (χ3n) is 4.54. The largest absolute Gasteiger partial charge is 0.490 e. The van der Waals surface area contributed by atoms with E-state index in [4.69, 9.17) is 4.74 Å². The molecule has 1 N–H and O–H groups in total. The molecule has 3 nitrogen and oxygen atoms in total. The first-order valence-electron chi connectivity index (χ1n) is 8.03. The Morgan fingerprint density at radius 3 is 3.00 bits per heavy atom. The zero-order chi connectivity index (χ0) is 13.8. The maximum Gasteiger partial charge on any atom is 0.142 e. The molecule has 0 spiro atoms. The number of nitrogens with one attached hydrogen (secondary N) is 1. The lowest BCUT2D eigenvalue weighted by Crippen LogP contribution is -2.33. The summed E-state index contributed by atoms with van der Waals surface area (Å²) in [6.45, 7) is 7.90. The minimum Gasteiger partial charge on any atom is -0.490 e. The molecule has 3 heteroatoms. The molecule has 2 aliphatic rings. The Hall–Kier alpha value is -1.22. The SMILES string of the molecule is CC1CCN(CCCc2ccc3c(c2)NCCO3)CC1. The first-order chi connectivity index (χ1) is 9.81. The molecule has 0 amide bonds. The lowest BCUT2D eigenvalue weighted by molar-refractivity contribution is 0.191. The van der Waals surface area contributed by atoms with Crippen molar-refractivity contribution < 1.29 is 4.74 Å². The number of hydrogen-bond acceptors (Lipinski definition) is 3. The molecular formula is C17H26N2O. The van der Waals surface area contributed by atoms with E-state index in [1.807, 2.05) is 0 Å². The number of aryl methyl sites for hydroxylation is 1. The highest BCUT2D eigenvalue weighted by molar-refractivity contribution is 5.59. The first kappa shape index (κ1) is 13.7. The minimum absolute atomic E-state index is 0.778. The van der Waals surface area contributed by atoms with Crippen molar-refractivity contribution in [2.45, 2.75) is 32.6 Å². The smallest absolute Gasteiger partial charge is 0.142 e. The Labute approximate surface area is 122 Å². The molecular weight excluding hydrogens is 248 g/mol. The quantitative estimate of drug-likeness (QED) is 0.913. The molecule has 1 fully saturated rings. The number of piperidine rings is 1. The van der Waals surface area contributed by atoms with E-state index in [1.165, 1.54) is 56.6 Å². The van der Waals surface area contributed by atoms with Gasteiger partial charge in [0.1, 0.15) is 12.4 Å². The van der Waals surface area contributed by atoms with Gasteiger partial charge < -0.3 is 15.0 Å². The van der Waals surface area contributed by atoms with Gasteiger partial charge in [0.2, 0.25) is 0 Å². The number of likely N-dealkylation sites (tertiary alicyclic amines) is 1. The minimum atomic E-state index is 0.778. The second kappa shape index (κ2) is 6.49. The lowest BCUT2D eigenvalue weighted by atomic mass is 9.99. The van der Waals surface area contributed by atoms with Crippen molar-refractivity contribution in [2.75, 3.05) is 38.1 Å². The van der Waals surface area contributed by atoms with Crippen LogP contribution in [0.25, 0.3) is 0 Å². The molecule has 1 saturated heterocycles. The Balaban J connectivity index is 1.46. The normalized spacial score (nSPS) is 20.1. The zero-order valence-electron chi connectivity index (χ0n) is 12.5. The molecule has 1 aromatic carbocycles. The van der Waals surface area contributed by atoms with E-state index in [2.05, 4.69) is 35.3 Å². The van der Waals surface area contributed by atoms with E-state index in [-0.39, 0.29) is 0 Å². The van der Waals surface area contributed by atoms with Crippen molar-refractivity contribution in [2.24, 2.45) is 5.92 Å². The van der Waals surface area contributed by atoms with E-state index in [9.17, 15) is 0 Å². The van der Waals surface area contributed by atoms with Gasteiger partial charge in [-0.15, -0.1) is 0 Å². The third-order valence-corrected chi connectivity index (χ3v) is 4.54. The molecule has 3 rings (SSSR count). The molecule has 20 heavy (non-hydrogen) atoms. The molecule has 0 aliphatic carbocycles. The summed E-state index contributed by atoms with van der Waals surface area (Å²) in [5.74, 6) is 1.93. The average Bonchev–Trinajstić information content (AvgIpc) is 2.49. The fraction of sp³-hybridized carbons (Fsp3) is 0.647. The third kappa shape index (κ3) is 3.45. The molecule has 0 radical (unpaired) electrons. The molecule has 2 aliphatic heterocycles. The topological polar surface area (TPSA) is 24.5 Å². The second-order valence-electron chi connectivity index (χ2n) is 6.23. The van der Waals surface area contributed by atoms with Gasteiger partial charge in [0.05, 0.1) is 5.69 Å². The van der Waals surface area contributed by atoms with Gasteiger partial charge in [-0.3, -0.25) is 0 Å². The van der Waals surface area contributed by atoms with Gasteiger partial charge in [-0.1, -0.05) is 13.0 Å². The first-order valence-corrected chi connectivity index (χ1v) is 8.03. The van der Waals surface area contributed by atoms with Gasteiger partial charge in [0, 0.05) is 6.54 Å². The molecule has 0 atom stereocenters. The Morgan fingerprint density at radius 2 is 2.15 bits per heavy atom. The van der Waals surface area contributed by atoms with Crippen LogP contribution in [0.2, 0.25) is 0 Å². The molecule has 0 unspecified atom stereocenters. The van der Waals surface area contributed by atoms with E-state index in [1.54, 1.807) is 0 Å². The maximum atomic E-state index is 5.62. The van der Waals surface area contributed by atoms with Crippen LogP contribution in [0.15, 0.2) is 18.2 Å². The van der Waals surface area contributed by atoms with E-state index in [0.29, 0.717) is 0 Å². The van der Waals surface area contributed by atoms with Crippen LogP contribution in [0.3, 0.4) is 0 Å². The van der Waals surface area contributed by atoms with Crippen LogP contribution in [0, 0.1) is 5.92 Å². The van der Waals surface area contributed by atoms with Crippen molar-refractivity contribution >= 4 is 5.69 Å². The highest BCUT2D eigenvalue weighted by Gasteiger charge is 2.15. The highest BCUT2D eigenvalue weighted by atomic mass is 16.5. The molecule has 110 valence electrons. The Kier molecular flexibility index (Phi) is 4.46. The van der Waals surface area contributed by atoms with E-state index >= 15 is 0 Å². The number of rotatable bonds is 4. The summed E-state index contributed by atoms with van der Waals surface area (Å²) in [4.78, 5) is 2.62. The molecule has 1 aromatic rings. The van der Waals surface area contributed by atoms with Gasteiger partial charge in [0.15, 0.2) is 0 Å². The van der Waals surface area contributed by atoms with Gasteiger partial charge in [-0.25, -0.2) is 0 Å². The van der Waals surface area contributed by atoms with Crippen LogP contribution < -0.4 is 10.1 Å². The van der Waals surface area contributed by atoms with Crippen molar-refractivity contribution in [1.29, 1.82) is 0 Å². The zero-order valence-corrected chi connectivity index (χ0v) is 12.5. The predicted molar refractivity (Wildman–Crippen MR) is 83.6 cm³/mol. The Bertz CT molecular complexity index is 439. The van der Waals surface area contributed by atoms with Crippen molar-refractivity contribution in [3.63, 3.8) is 0 Å². The maximum absolute atomic E-state index is 5.62. The molecule has 2 heterocycles. The second-order valence-corrected chi connectivity index (χ2v) is 6.23. The van der Waals surface area contributed by atoms with Gasteiger partial charge >= 0.3 is 0 Å². The average molecular weight is 274 g/mol. The summed E-state index contributed by atoms with van der Waals surface area (Å²) >= 11 is 0. The Morgan fingerprint density at radius 1 is 1.30 bits per heavy atom. The molecule has 0 saturated carbocycles. The van der Waals surface area contributed by atoms with Gasteiger partial charge in [-0.2, -0.15) is 0 Å². The summed E-state index contributed by atoms with van der Waals surface area (Å²) < 4.78 is 5.62. The monoisotopic (exact) mass is 274 g/mol. The van der Waals surface area contributed by atoms with Crippen molar-refractivity contribution in [3.05, 3.63) is 23.8 Å². The van der Waals surface area contributed by atoms with Crippen LogP contribution in [0.1, 0.15) is 31.7 Å². The highest BCUT2D eigenvalue weighted by Crippen LogP contribution is 2.28. The van der Waals surface area contributed by atoms with Crippen molar-refractivity contribution in [3.8, 4) is 5.75 Å². The number of nitrogens with zero attached hydrogens (tertiary/aromatic N) is 1. The molecule has 0 bridgehead atoms. The van der Waals surface area contributed by atoms with E-state index in [0.717, 1.165) is 24.8 Å². The van der Waals surface area contributed by atoms with Crippen LogP contribution in [0.4, 0.5) is 5.69 Å². The lowest BCUT2D eigenvalue weighted by Gasteiger charge is -2.30. The molecule has 0 aromatic heterocycles. The van der Waals surface area contributed by atoms with E-state index < -0.39 is 0 Å². The number of ether oxygens (including phenoxy) is 1. The van der Waals surface area contributed by atoms with Crippen LogP contribution in [0.5, 0.6) is 5.75 Å². The summed E-state index contributed by atoms with van der Waals surface area (Å²) in [7, 11) is 0. The summed E-state index contributed by atoms with van der Waals surface area (Å²) in [6.07, 6.45) is 5.18. The fourth-order valence-electron chi connectivity index (χ4n) is 3.14. The van der Waals surface area contributed by atoms with Gasteiger partial charge in [0.25, 0.3) is 0 Å². The number of anilines is 1. The standard InChI is InChI=1S/C17H26N2O/c1-14-6-10-19(11-7-14)9-2-3-15-4-5-17-16(13-15)18-8-12-20-17/h4-5,13-14,18H,2-3,6-12H2,1H3. The summed E-state index contributed by atoms with van der Waals surface area (Å²) in [5.41, 5.74) is 2.59. The van der Waals surface area contributed by atoms with Crippen LogP contribution >= 0.6 is 0 Å². The van der Waals surface area contributed by atoms with Crippen molar-refractivity contribution in [1.82, 2.24) is 4.90 Å². The summed E-state index contributed by atoms with van der Waals surface area (Å²) in [5, 5.41) is 3.41. The van der Waals surface area contributed by atoms with Crippen LogP contribution in [-0.4, -0.2) is 37.7 Å². The predicted octanol–water partition coefficient (Wildman–Crippen LogP) is 3.16. The summed E-state index contributed by atoms with van der Waals surface area (Å²) in [6, 6.07) is 6.58. The number of fused-ring (bicyclic) bond motifs is 1. The van der Waals surface area contributed by atoms with Gasteiger partial charge in [-0.05, 0) is 68.9 Å². The number of hydrogen-bond donors (Lipinski definition) is 1. The number of benzene rings is 1. The van der Waals surface area contributed by atoms with Crippen LogP contribution in [-0.2, 0) is 6.42 Å².